The Morgan fingerprint density at radius 3 is 2.88 bits per heavy atom. The van der Waals surface area contributed by atoms with E-state index >= 15 is 0 Å². The Hall–Kier alpha value is -2.36. The molecule has 0 aliphatic heterocycles. The Kier molecular flexibility index (Phi) is 6.26. The fraction of sp³-hybridized carbons (Fsp3) is 0.409. The highest BCUT2D eigenvalue weighted by molar-refractivity contribution is 5.75. The highest BCUT2D eigenvalue weighted by Crippen LogP contribution is 2.47. The average molecular weight is 355 g/mol. The van der Waals surface area contributed by atoms with Gasteiger partial charge in [0.05, 0.1) is 6.61 Å². The molecule has 0 saturated heterocycles. The summed E-state index contributed by atoms with van der Waals surface area (Å²) in [5.74, 6) is 1.81. The van der Waals surface area contributed by atoms with E-state index in [0.717, 1.165) is 30.7 Å². The van der Waals surface area contributed by atoms with Gasteiger partial charge in [0, 0.05) is 19.4 Å². The van der Waals surface area contributed by atoms with Crippen molar-refractivity contribution in [3.8, 4) is 5.75 Å². The number of carbonyl (C=O) groups is 1. The van der Waals surface area contributed by atoms with Crippen LogP contribution >= 0.6 is 0 Å². The standard InChI is InChI=1S/C22H26FNO2/c1-2-5-22(25)24-15-18-14-21(18)17-7-4-9-20(13-17)26-11-10-16-6-3-8-19(23)12-16/h3-4,6-9,12-13,18,21H,2,5,10-11,14-15H2,1H3,(H,24,25). The van der Waals surface area contributed by atoms with Crippen LogP contribution in [0.15, 0.2) is 48.5 Å². The minimum absolute atomic E-state index is 0.146. The van der Waals surface area contributed by atoms with Gasteiger partial charge in [0.2, 0.25) is 5.91 Å². The molecule has 1 saturated carbocycles. The summed E-state index contributed by atoms with van der Waals surface area (Å²) >= 11 is 0. The van der Waals surface area contributed by atoms with E-state index in [4.69, 9.17) is 4.74 Å². The first-order chi connectivity index (χ1) is 12.7. The molecular formula is C22H26FNO2. The van der Waals surface area contributed by atoms with Crippen molar-refractivity contribution in [2.45, 2.75) is 38.5 Å². The van der Waals surface area contributed by atoms with E-state index < -0.39 is 0 Å². The van der Waals surface area contributed by atoms with Crippen LogP contribution in [0, 0.1) is 11.7 Å². The van der Waals surface area contributed by atoms with Crippen molar-refractivity contribution in [2.75, 3.05) is 13.2 Å². The number of hydrogen-bond acceptors (Lipinski definition) is 2. The summed E-state index contributed by atoms with van der Waals surface area (Å²) in [6, 6.07) is 14.8. The van der Waals surface area contributed by atoms with Crippen LogP contribution in [-0.4, -0.2) is 19.1 Å². The number of ether oxygens (including phenoxy) is 1. The first kappa shape index (κ1) is 18.4. The third kappa shape index (κ3) is 5.32. The maximum absolute atomic E-state index is 13.2. The largest absolute Gasteiger partial charge is 0.493 e. The molecule has 0 heterocycles. The Labute approximate surface area is 154 Å². The van der Waals surface area contributed by atoms with E-state index in [9.17, 15) is 9.18 Å². The van der Waals surface area contributed by atoms with Gasteiger partial charge in [0.1, 0.15) is 11.6 Å². The lowest BCUT2D eigenvalue weighted by molar-refractivity contribution is -0.121. The summed E-state index contributed by atoms with van der Waals surface area (Å²) in [5.41, 5.74) is 2.20. The number of rotatable bonds is 9. The SMILES string of the molecule is CCCC(=O)NCC1CC1c1cccc(OCCc2cccc(F)c2)c1. The molecule has 0 aromatic heterocycles. The number of hydrogen-bond donors (Lipinski definition) is 1. The molecule has 2 unspecified atom stereocenters. The zero-order valence-electron chi connectivity index (χ0n) is 15.2. The van der Waals surface area contributed by atoms with E-state index in [-0.39, 0.29) is 11.7 Å². The molecule has 138 valence electrons. The average Bonchev–Trinajstić information content (AvgIpc) is 3.40. The van der Waals surface area contributed by atoms with E-state index in [1.807, 2.05) is 25.1 Å². The lowest BCUT2D eigenvalue weighted by Crippen LogP contribution is -2.25. The number of carbonyl (C=O) groups excluding carboxylic acids is 1. The second kappa shape index (κ2) is 8.84. The molecule has 0 bridgehead atoms. The second-order valence-electron chi connectivity index (χ2n) is 6.96. The third-order valence-corrected chi connectivity index (χ3v) is 4.80. The highest BCUT2D eigenvalue weighted by atomic mass is 19.1. The smallest absolute Gasteiger partial charge is 0.219 e. The van der Waals surface area contributed by atoms with E-state index in [2.05, 4.69) is 17.4 Å². The Bertz CT molecular complexity index is 746. The summed E-state index contributed by atoms with van der Waals surface area (Å²) < 4.78 is 19.0. The van der Waals surface area contributed by atoms with Crippen LogP contribution in [0.5, 0.6) is 5.75 Å². The monoisotopic (exact) mass is 355 g/mol. The van der Waals surface area contributed by atoms with E-state index in [1.54, 1.807) is 12.1 Å². The first-order valence-corrected chi connectivity index (χ1v) is 9.39. The van der Waals surface area contributed by atoms with Gasteiger partial charge in [-0.05, 0) is 60.1 Å². The van der Waals surface area contributed by atoms with Gasteiger partial charge >= 0.3 is 0 Å². The molecule has 3 nitrogen and oxygen atoms in total. The minimum Gasteiger partial charge on any atom is -0.493 e. The fourth-order valence-corrected chi connectivity index (χ4v) is 3.26. The molecule has 2 aromatic carbocycles. The van der Waals surface area contributed by atoms with Crippen molar-refractivity contribution in [2.24, 2.45) is 5.92 Å². The van der Waals surface area contributed by atoms with Gasteiger partial charge in [-0.25, -0.2) is 4.39 Å². The fourth-order valence-electron chi connectivity index (χ4n) is 3.26. The van der Waals surface area contributed by atoms with Gasteiger partial charge in [0.15, 0.2) is 0 Å². The molecule has 2 aromatic rings. The van der Waals surface area contributed by atoms with Gasteiger partial charge < -0.3 is 10.1 Å². The third-order valence-electron chi connectivity index (χ3n) is 4.80. The van der Waals surface area contributed by atoms with Gasteiger partial charge in [-0.15, -0.1) is 0 Å². The molecule has 1 aliphatic carbocycles. The summed E-state index contributed by atoms with van der Waals surface area (Å²) in [4.78, 5) is 11.6. The van der Waals surface area contributed by atoms with Crippen LogP contribution in [-0.2, 0) is 11.2 Å². The van der Waals surface area contributed by atoms with E-state index in [1.165, 1.54) is 11.6 Å². The highest BCUT2D eigenvalue weighted by Gasteiger charge is 2.38. The summed E-state index contributed by atoms with van der Waals surface area (Å²) in [6.45, 7) is 3.29. The van der Waals surface area contributed by atoms with Gasteiger partial charge in [-0.3, -0.25) is 4.79 Å². The molecule has 0 spiro atoms. The Balaban J connectivity index is 1.46. The predicted octanol–water partition coefficient (Wildman–Crippen LogP) is 4.47. The molecule has 1 N–H and O–H groups in total. The summed E-state index contributed by atoms with van der Waals surface area (Å²) in [5, 5.41) is 3.02. The van der Waals surface area contributed by atoms with Crippen molar-refractivity contribution in [1.82, 2.24) is 5.32 Å². The normalized spacial score (nSPS) is 18.4. The van der Waals surface area contributed by atoms with Crippen LogP contribution in [0.3, 0.4) is 0 Å². The zero-order chi connectivity index (χ0) is 18.4. The van der Waals surface area contributed by atoms with Gasteiger partial charge in [-0.1, -0.05) is 31.2 Å². The molecule has 1 amide bonds. The van der Waals surface area contributed by atoms with Crippen LogP contribution in [0.25, 0.3) is 0 Å². The maximum atomic E-state index is 13.2. The van der Waals surface area contributed by atoms with Crippen molar-refractivity contribution in [1.29, 1.82) is 0 Å². The van der Waals surface area contributed by atoms with Gasteiger partial charge in [-0.2, -0.15) is 0 Å². The molecule has 1 aliphatic rings. The second-order valence-corrected chi connectivity index (χ2v) is 6.96. The maximum Gasteiger partial charge on any atom is 0.219 e. The molecule has 0 radical (unpaired) electrons. The minimum atomic E-state index is -0.213. The Morgan fingerprint density at radius 2 is 2.08 bits per heavy atom. The molecule has 4 heteroatoms. The predicted molar refractivity (Wildman–Crippen MR) is 101 cm³/mol. The molecular weight excluding hydrogens is 329 g/mol. The molecule has 2 atom stereocenters. The van der Waals surface area contributed by atoms with Gasteiger partial charge in [0.25, 0.3) is 0 Å². The number of halogens is 1. The Morgan fingerprint density at radius 1 is 1.23 bits per heavy atom. The van der Waals surface area contributed by atoms with Crippen LogP contribution in [0.4, 0.5) is 4.39 Å². The molecule has 1 fully saturated rings. The molecule has 26 heavy (non-hydrogen) atoms. The quantitative estimate of drug-likeness (QED) is 0.721. The lowest BCUT2D eigenvalue weighted by atomic mass is 10.1. The number of amides is 1. The van der Waals surface area contributed by atoms with Crippen LogP contribution < -0.4 is 10.1 Å². The summed E-state index contributed by atoms with van der Waals surface area (Å²) in [7, 11) is 0. The lowest BCUT2D eigenvalue weighted by Gasteiger charge is -2.09. The van der Waals surface area contributed by atoms with Crippen molar-refractivity contribution >= 4 is 5.91 Å². The number of benzene rings is 2. The summed E-state index contributed by atoms with van der Waals surface area (Å²) in [6.07, 6.45) is 3.28. The van der Waals surface area contributed by atoms with E-state index in [0.29, 0.717) is 31.3 Å². The van der Waals surface area contributed by atoms with Crippen LogP contribution in [0.2, 0.25) is 0 Å². The van der Waals surface area contributed by atoms with Crippen LogP contribution in [0.1, 0.15) is 43.2 Å². The molecule has 3 rings (SSSR count). The first-order valence-electron chi connectivity index (χ1n) is 9.39. The zero-order valence-corrected chi connectivity index (χ0v) is 15.2. The van der Waals surface area contributed by atoms with Crippen molar-refractivity contribution in [3.63, 3.8) is 0 Å². The van der Waals surface area contributed by atoms with Crippen molar-refractivity contribution in [3.05, 3.63) is 65.5 Å². The number of nitrogens with one attached hydrogen (secondary N) is 1. The topological polar surface area (TPSA) is 38.3 Å². The van der Waals surface area contributed by atoms with Crippen molar-refractivity contribution < 1.29 is 13.9 Å².